The standard InChI is InChI=1S/C17H28ClNO2/c1-6-13(5)19-9-14(20)10-21-17-7-12(4)16(18)8-15(17)11(2)3/h7-8,11,13-14,19-20H,6,9-10H2,1-5H3/t13-,14-/m1/s1. The molecule has 0 spiro atoms. The van der Waals surface area contributed by atoms with Crippen LogP contribution in [-0.2, 0) is 0 Å². The molecule has 0 aliphatic carbocycles. The van der Waals surface area contributed by atoms with Crippen molar-refractivity contribution in [3.8, 4) is 5.75 Å². The van der Waals surface area contributed by atoms with Gasteiger partial charge in [-0.2, -0.15) is 0 Å². The van der Waals surface area contributed by atoms with Crippen LogP contribution in [0.4, 0.5) is 0 Å². The summed E-state index contributed by atoms with van der Waals surface area (Å²) in [6, 6.07) is 4.32. The Morgan fingerprint density at radius 2 is 1.95 bits per heavy atom. The Balaban J connectivity index is 2.64. The summed E-state index contributed by atoms with van der Waals surface area (Å²) in [4.78, 5) is 0. The van der Waals surface area contributed by atoms with E-state index in [0.717, 1.165) is 28.3 Å². The summed E-state index contributed by atoms with van der Waals surface area (Å²) in [5, 5.41) is 14.0. The summed E-state index contributed by atoms with van der Waals surface area (Å²) in [5.41, 5.74) is 2.07. The molecule has 2 N–H and O–H groups in total. The van der Waals surface area contributed by atoms with Crippen molar-refractivity contribution in [1.29, 1.82) is 0 Å². The highest BCUT2D eigenvalue weighted by Crippen LogP contribution is 2.32. The number of ether oxygens (including phenoxy) is 1. The Kier molecular flexibility index (Phi) is 7.50. The van der Waals surface area contributed by atoms with E-state index in [1.165, 1.54) is 0 Å². The summed E-state index contributed by atoms with van der Waals surface area (Å²) in [6.45, 7) is 11.2. The highest BCUT2D eigenvalue weighted by Gasteiger charge is 2.13. The highest BCUT2D eigenvalue weighted by molar-refractivity contribution is 6.31. The lowest BCUT2D eigenvalue weighted by molar-refractivity contribution is 0.103. The second kappa shape index (κ2) is 8.62. The van der Waals surface area contributed by atoms with Crippen molar-refractivity contribution >= 4 is 11.6 Å². The van der Waals surface area contributed by atoms with Crippen molar-refractivity contribution in [3.05, 3.63) is 28.3 Å². The fourth-order valence-corrected chi connectivity index (χ4v) is 2.15. The van der Waals surface area contributed by atoms with Crippen molar-refractivity contribution in [2.75, 3.05) is 13.2 Å². The maximum Gasteiger partial charge on any atom is 0.123 e. The average Bonchev–Trinajstić information content (AvgIpc) is 2.45. The normalized spacial score (nSPS) is 14.3. The molecule has 0 aliphatic heterocycles. The molecule has 0 radical (unpaired) electrons. The topological polar surface area (TPSA) is 41.5 Å². The Hall–Kier alpha value is -0.770. The van der Waals surface area contributed by atoms with Gasteiger partial charge in [0.05, 0.1) is 0 Å². The molecule has 1 rings (SSSR count). The predicted molar refractivity (Wildman–Crippen MR) is 89.5 cm³/mol. The summed E-state index contributed by atoms with van der Waals surface area (Å²) in [6.07, 6.45) is 0.525. The number of rotatable bonds is 8. The lowest BCUT2D eigenvalue weighted by atomic mass is 10.0. The van der Waals surface area contributed by atoms with Gasteiger partial charge in [0.2, 0.25) is 0 Å². The van der Waals surface area contributed by atoms with Crippen LogP contribution in [0.2, 0.25) is 5.02 Å². The molecule has 1 aromatic carbocycles. The van der Waals surface area contributed by atoms with Crippen LogP contribution in [0.5, 0.6) is 5.75 Å². The zero-order chi connectivity index (χ0) is 16.0. The quantitative estimate of drug-likeness (QED) is 0.765. The molecular weight excluding hydrogens is 286 g/mol. The van der Waals surface area contributed by atoms with E-state index in [1.54, 1.807) is 0 Å². The molecule has 0 fully saturated rings. The third-order valence-electron chi connectivity index (χ3n) is 3.66. The van der Waals surface area contributed by atoms with Gasteiger partial charge in [0, 0.05) is 17.6 Å². The monoisotopic (exact) mass is 313 g/mol. The first kappa shape index (κ1) is 18.3. The minimum absolute atomic E-state index is 0.282. The minimum Gasteiger partial charge on any atom is -0.491 e. The van der Waals surface area contributed by atoms with E-state index < -0.39 is 6.10 Å². The molecule has 120 valence electrons. The smallest absolute Gasteiger partial charge is 0.123 e. The van der Waals surface area contributed by atoms with Gasteiger partial charge in [0.25, 0.3) is 0 Å². The number of hydrogen-bond acceptors (Lipinski definition) is 3. The first-order valence-electron chi connectivity index (χ1n) is 7.69. The van der Waals surface area contributed by atoms with Gasteiger partial charge in [-0.1, -0.05) is 32.4 Å². The van der Waals surface area contributed by atoms with E-state index >= 15 is 0 Å². The van der Waals surface area contributed by atoms with Gasteiger partial charge in [0.1, 0.15) is 18.5 Å². The molecule has 0 saturated heterocycles. The van der Waals surface area contributed by atoms with Crippen LogP contribution < -0.4 is 10.1 Å². The number of benzene rings is 1. The highest BCUT2D eigenvalue weighted by atomic mass is 35.5. The average molecular weight is 314 g/mol. The molecule has 0 aromatic heterocycles. The number of halogens is 1. The molecule has 2 atom stereocenters. The second-order valence-electron chi connectivity index (χ2n) is 5.98. The molecule has 4 heteroatoms. The third-order valence-corrected chi connectivity index (χ3v) is 4.07. The summed E-state index contributed by atoms with van der Waals surface area (Å²) in [5.74, 6) is 1.14. The summed E-state index contributed by atoms with van der Waals surface area (Å²) >= 11 is 6.18. The SMILES string of the molecule is CC[C@@H](C)NC[C@@H](O)COc1cc(C)c(Cl)cc1C(C)C. The largest absolute Gasteiger partial charge is 0.491 e. The van der Waals surface area contributed by atoms with Crippen LogP contribution in [0.1, 0.15) is 51.2 Å². The molecule has 0 heterocycles. The van der Waals surface area contributed by atoms with E-state index in [9.17, 15) is 5.11 Å². The Morgan fingerprint density at radius 3 is 2.52 bits per heavy atom. The van der Waals surface area contributed by atoms with Crippen LogP contribution in [-0.4, -0.2) is 30.4 Å². The van der Waals surface area contributed by atoms with Crippen molar-refractivity contribution in [2.24, 2.45) is 0 Å². The molecule has 0 saturated carbocycles. The van der Waals surface area contributed by atoms with Crippen molar-refractivity contribution < 1.29 is 9.84 Å². The fraction of sp³-hybridized carbons (Fsp3) is 0.647. The number of hydrogen-bond donors (Lipinski definition) is 2. The predicted octanol–water partition coefficient (Wildman–Crippen LogP) is 3.90. The van der Waals surface area contributed by atoms with Gasteiger partial charge in [-0.3, -0.25) is 0 Å². The molecular formula is C17H28ClNO2. The number of aryl methyl sites for hydroxylation is 1. The Bertz CT molecular complexity index is 449. The third kappa shape index (κ3) is 5.85. The van der Waals surface area contributed by atoms with Gasteiger partial charge in [-0.05, 0) is 49.4 Å². The van der Waals surface area contributed by atoms with E-state index in [4.69, 9.17) is 16.3 Å². The minimum atomic E-state index is -0.519. The molecule has 0 unspecified atom stereocenters. The maximum absolute atomic E-state index is 9.99. The van der Waals surface area contributed by atoms with Gasteiger partial charge < -0.3 is 15.2 Å². The second-order valence-corrected chi connectivity index (χ2v) is 6.38. The number of aliphatic hydroxyl groups excluding tert-OH is 1. The van der Waals surface area contributed by atoms with Crippen LogP contribution in [0.3, 0.4) is 0 Å². The van der Waals surface area contributed by atoms with Crippen molar-refractivity contribution in [1.82, 2.24) is 5.32 Å². The maximum atomic E-state index is 9.99. The molecule has 21 heavy (non-hydrogen) atoms. The first-order chi connectivity index (χ1) is 9.85. The van der Waals surface area contributed by atoms with Gasteiger partial charge in [-0.25, -0.2) is 0 Å². The Morgan fingerprint density at radius 1 is 1.29 bits per heavy atom. The van der Waals surface area contributed by atoms with Crippen LogP contribution in [0.25, 0.3) is 0 Å². The number of nitrogens with one attached hydrogen (secondary N) is 1. The zero-order valence-electron chi connectivity index (χ0n) is 13.7. The van der Waals surface area contributed by atoms with Crippen LogP contribution >= 0.6 is 11.6 Å². The fourth-order valence-electron chi connectivity index (χ4n) is 1.97. The summed E-state index contributed by atoms with van der Waals surface area (Å²) in [7, 11) is 0. The van der Waals surface area contributed by atoms with Gasteiger partial charge >= 0.3 is 0 Å². The number of aliphatic hydroxyl groups is 1. The van der Waals surface area contributed by atoms with Gasteiger partial charge in [-0.15, -0.1) is 0 Å². The van der Waals surface area contributed by atoms with Crippen molar-refractivity contribution in [2.45, 2.75) is 59.1 Å². The summed E-state index contributed by atoms with van der Waals surface area (Å²) < 4.78 is 5.81. The first-order valence-corrected chi connectivity index (χ1v) is 8.07. The van der Waals surface area contributed by atoms with E-state index in [1.807, 2.05) is 19.1 Å². The Labute approximate surface area is 133 Å². The van der Waals surface area contributed by atoms with Crippen molar-refractivity contribution in [3.63, 3.8) is 0 Å². The van der Waals surface area contributed by atoms with E-state index in [0.29, 0.717) is 18.5 Å². The lowest BCUT2D eigenvalue weighted by Crippen LogP contribution is -2.36. The molecule has 0 aliphatic rings. The van der Waals surface area contributed by atoms with Crippen LogP contribution in [0.15, 0.2) is 12.1 Å². The lowest BCUT2D eigenvalue weighted by Gasteiger charge is -2.19. The van der Waals surface area contributed by atoms with Gasteiger partial charge in [0.15, 0.2) is 0 Å². The molecule has 0 amide bonds. The zero-order valence-corrected chi connectivity index (χ0v) is 14.5. The van der Waals surface area contributed by atoms with E-state index in [2.05, 4.69) is 33.0 Å². The van der Waals surface area contributed by atoms with E-state index in [-0.39, 0.29) is 6.61 Å². The molecule has 3 nitrogen and oxygen atoms in total. The van der Waals surface area contributed by atoms with Crippen LogP contribution in [0, 0.1) is 6.92 Å². The molecule has 0 bridgehead atoms. The molecule has 1 aromatic rings.